The predicted octanol–water partition coefficient (Wildman–Crippen LogP) is 0.00380. The third-order valence-electron chi connectivity index (χ3n) is 1.66. The molecule has 0 aliphatic carbocycles. The lowest BCUT2D eigenvalue weighted by Crippen LogP contribution is -2.16. The van der Waals surface area contributed by atoms with Crippen molar-refractivity contribution in [3.63, 3.8) is 0 Å². The molecule has 2 heterocycles. The zero-order valence-electron chi connectivity index (χ0n) is 6.61. The number of aldehydes is 1. The van der Waals surface area contributed by atoms with Gasteiger partial charge in [0.05, 0.1) is 0 Å². The zero-order valence-corrected chi connectivity index (χ0v) is 6.61. The van der Waals surface area contributed by atoms with E-state index >= 15 is 0 Å². The van der Waals surface area contributed by atoms with Crippen LogP contribution in [0.3, 0.4) is 0 Å². The molecule has 0 aromatic carbocycles. The quantitative estimate of drug-likeness (QED) is 0.554. The van der Waals surface area contributed by atoms with Gasteiger partial charge in [-0.05, 0) is 0 Å². The van der Waals surface area contributed by atoms with Gasteiger partial charge < -0.3 is 9.47 Å². The van der Waals surface area contributed by atoms with Crippen molar-refractivity contribution < 1.29 is 14.3 Å². The maximum absolute atomic E-state index is 10.5. The summed E-state index contributed by atoms with van der Waals surface area (Å²) in [6, 6.07) is 0. The normalized spacial score (nSPS) is 14.4. The maximum Gasteiger partial charge on any atom is 0.256 e. The molecule has 1 aromatic heterocycles. The molecule has 5 heteroatoms. The number of carbonyl (C=O) groups excluding carboxylic acids is 1. The maximum atomic E-state index is 10.5. The molecule has 5 nitrogen and oxygen atoms in total. The molecule has 1 aromatic rings. The highest BCUT2D eigenvalue weighted by molar-refractivity contribution is 5.78. The molecule has 0 saturated heterocycles. The van der Waals surface area contributed by atoms with Crippen LogP contribution in [0.4, 0.5) is 0 Å². The molecule has 1 aliphatic heterocycles. The summed E-state index contributed by atoms with van der Waals surface area (Å²) in [5.41, 5.74) is 0.298. The second kappa shape index (κ2) is 2.51. The second-order valence-electron chi connectivity index (χ2n) is 2.46. The van der Waals surface area contributed by atoms with E-state index in [1.807, 2.05) is 0 Å². The summed E-state index contributed by atoms with van der Waals surface area (Å²) in [4.78, 5) is 10.5. The van der Waals surface area contributed by atoms with Crippen molar-refractivity contribution in [2.45, 2.75) is 0 Å². The van der Waals surface area contributed by atoms with E-state index in [0.717, 1.165) is 0 Å². The number of rotatable bonds is 1. The van der Waals surface area contributed by atoms with E-state index in [1.54, 1.807) is 7.05 Å². The Bertz CT molecular complexity index is 319. The van der Waals surface area contributed by atoms with Crippen molar-refractivity contribution in [2.24, 2.45) is 7.05 Å². The Morgan fingerprint density at radius 3 is 3.00 bits per heavy atom. The molecule has 0 bridgehead atoms. The fourth-order valence-corrected chi connectivity index (χ4v) is 1.16. The molecule has 12 heavy (non-hydrogen) atoms. The molecule has 0 spiro atoms. The van der Waals surface area contributed by atoms with E-state index in [4.69, 9.17) is 9.47 Å². The minimum atomic E-state index is 0.298. The van der Waals surface area contributed by atoms with Crippen LogP contribution in [0.25, 0.3) is 0 Å². The van der Waals surface area contributed by atoms with Gasteiger partial charge in [0.25, 0.3) is 5.88 Å². The second-order valence-corrected chi connectivity index (χ2v) is 2.46. The number of aryl methyl sites for hydroxylation is 1. The molecule has 0 radical (unpaired) electrons. The Balaban J connectivity index is 2.53. The largest absolute Gasteiger partial charge is 0.483 e. The summed E-state index contributed by atoms with van der Waals surface area (Å²) in [6.45, 7) is 0.977. The molecule has 0 N–H and O–H groups in total. The smallest absolute Gasteiger partial charge is 0.256 e. The molecule has 0 saturated carbocycles. The standard InChI is InChI=1S/C7H8N2O3/c1-9-7-6(5(4-10)8-9)11-2-3-12-7/h4H,2-3H2,1H3. The SMILES string of the molecule is Cn1nc(C=O)c2c1OCCO2. The van der Waals surface area contributed by atoms with Crippen molar-refractivity contribution in [3.05, 3.63) is 5.69 Å². The van der Waals surface area contributed by atoms with Gasteiger partial charge in [0, 0.05) is 7.05 Å². The Kier molecular flexibility index (Phi) is 1.49. The first-order valence-electron chi connectivity index (χ1n) is 3.60. The molecular formula is C7H8N2O3. The number of fused-ring (bicyclic) bond motifs is 1. The fraction of sp³-hybridized carbons (Fsp3) is 0.429. The average molecular weight is 168 g/mol. The van der Waals surface area contributed by atoms with Gasteiger partial charge in [0.2, 0.25) is 5.75 Å². The monoisotopic (exact) mass is 168 g/mol. The highest BCUT2D eigenvalue weighted by atomic mass is 16.6. The number of ether oxygens (including phenoxy) is 2. The van der Waals surface area contributed by atoms with Crippen LogP contribution in [-0.2, 0) is 7.05 Å². The summed E-state index contributed by atoms with van der Waals surface area (Å²) >= 11 is 0. The van der Waals surface area contributed by atoms with Gasteiger partial charge >= 0.3 is 0 Å². The molecular weight excluding hydrogens is 160 g/mol. The topological polar surface area (TPSA) is 53.4 Å². The molecule has 0 unspecified atom stereocenters. The Labute approximate surface area is 68.9 Å². The van der Waals surface area contributed by atoms with E-state index in [9.17, 15) is 4.79 Å². The van der Waals surface area contributed by atoms with Crippen molar-refractivity contribution in [2.75, 3.05) is 13.2 Å². The van der Waals surface area contributed by atoms with Gasteiger partial charge in [-0.25, -0.2) is 4.68 Å². The summed E-state index contributed by atoms with van der Waals surface area (Å²) < 4.78 is 12.0. The van der Waals surface area contributed by atoms with E-state index in [2.05, 4.69) is 5.10 Å². The summed E-state index contributed by atoms with van der Waals surface area (Å²) in [6.07, 6.45) is 0.660. The van der Waals surface area contributed by atoms with Gasteiger partial charge in [-0.2, -0.15) is 5.10 Å². The molecule has 1 aliphatic rings. The Morgan fingerprint density at radius 1 is 1.50 bits per heavy atom. The van der Waals surface area contributed by atoms with E-state index < -0.39 is 0 Å². The van der Waals surface area contributed by atoms with Crippen molar-refractivity contribution >= 4 is 6.29 Å². The predicted molar refractivity (Wildman–Crippen MR) is 39.6 cm³/mol. The van der Waals surface area contributed by atoms with E-state index in [0.29, 0.717) is 36.8 Å². The molecule has 0 amide bonds. The minimum absolute atomic E-state index is 0.298. The first kappa shape index (κ1) is 7.15. The molecule has 0 fully saturated rings. The van der Waals surface area contributed by atoms with Crippen molar-refractivity contribution in [1.82, 2.24) is 9.78 Å². The number of nitrogens with zero attached hydrogens (tertiary/aromatic N) is 2. The molecule has 2 rings (SSSR count). The molecule has 0 atom stereocenters. The van der Waals surface area contributed by atoms with Crippen LogP contribution in [0, 0.1) is 0 Å². The Morgan fingerprint density at radius 2 is 2.25 bits per heavy atom. The van der Waals surface area contributed by atoms with Gasteiger partial charge in [0.15, 0.2) is 12.0 Å². The zero-order chi connectivity index (χ0) is 8.55. The highest BCUT2D eigenvalue weighted by Gasteiger charge is 2.21. The lowest BCUT2D eigenvalue weighted by atomic mass is 10.4. The van der Waals surface area contributed by atoms with E-state index in [-0.39, 0.29) is 0 Å². The molecule has 64 valence electrons. The number of hydrogen-bond donors (Lipinski definition) is 0. The number of aromatic nitrogens is 2. The third kappa shape index (κ3) is 0.861. The van der Waals surface area contributed by atoms with Crippen LogP contribution >= 0.6 is 0 Å². The van der Waals surface area contributed by atoms with Crippen molar-refractivity contribution in [3.8, 4) is 11.6 Å². The average Bonchev–Trinajstić information content (AvgIpc) is 2.44. The lowest BCUT2D eigenvalue weighted by molar-refractivity contribution is 0.111. The van der Waals surface area contributed by atoms with E-state index in [1.165, 1.54) is 4.68 Å². The highest BCUT2D eigenvalue weighted by Crippen LogP contribution is 2.31. The van der Waals surface area contributed by atoms with Crippen molar-refractivity contribution in [1.29, 1.82) is 0 Å². The van der Waals surface area contributed by atoms with Crippen LogP contribution in [-0.4, -0.2) is 29.3 Å². The van der Waals surface area contributed by atoms with Crippen LogP contribution in [0.2, 0.25) is 0 Å². The van der Waals surface area contributed by atoms with Crippen LogP contribution < -0.4 is 9.47 Å². The van der Waals surface area contributed by atoms with Gasteiger partial charge in [-0.1, -0.05) is 0 Å². The Hall–Kier alpha value is -1.52. The third-order valence-corrected chi connectivity index (χ3v) is 1.66. The first-order valence-corrected chi connectivity index (χ1v) is 3.60. The van der Waals surface area contributed by atoms with Gasteiger partial charge in [-0.15, -0.1) is 0 Å². The number of hydrogen-bond acceptors (Lipinski definition) is 4. The van der Waals surface area contributed by atoms with Gasteiger partial charge in [0.1, 0.15) is 13.2 Å². The first-order chi connectivity index (χ1) is 5.83. The van der Waals surface area contributed by atoms with Gasteiger partial charge in [-0.3, -0.25) is 4.79 Å². The summed E-state index contributed by atoms with van der Waals surface area (Å²) in [5, 5.41) is 3.91. The van der Waals surface area contributed by atoms with Crippen LogP contribution in [0.15, 0.2) is 0 Å². The fourth-order valence-electron chi connectivity index (χ4n) is 1.16. The minimum Gasteiger partial charge on any atom is -0.483 e. The van der Waals surface area contributed by atoms with Crippen LogP contribution in [0.5, 0.6) is 11.6 Å². The summed E-state index contributed by atoms with van der Waals surface area (Å²) in [7, 11) is 1.71. The summed E-state index contributed by atoms with van der Waals surface area (Å²) in [5.74, 6) is 0.988. The lowest BCUT2D eigenvalue weighted by Gasteiger charge is -2.14. The number of carbonyl (C=O) groups is 1. The van der Waals surface area contributed by atoms with Crippen LogP contribution in [0.1, 0.15) is 10.5 Å².